The molecule has 0 aliphatic rings. The minimum Gasteiger partial charge on any atom is -0.388 e. The molecule has 0 fully saturated rings. The van der Waals surface area contributed by atoms with Gasteiger partial charge in [-0.3, -0.25) is 5.41 Å². The normalized spacial score (nSPS) is 10.2. The Labute approximate surface area is 93.6 Å². The lowest BCUT2D eigenvalue weighted by molar-refractivity contribution is 0.624. The zero-order chi connectivity index (χ0) is 11.1. The molecule has 0 spiro atoms. The van der Waals surface area contributed by atoms with Crippen LogP contribution in [0.2, 0.25) is 0 Å². The maximum absolute atomic E-state index is 12.8. The van der Waals surface area contributed by atoms with Crippen molar-refractivity contribution in [3.8, 4) is 0 Å². The van der Waals surface area contributed by atoms with Gasteiger partial charge in [-0.1, -0.05) is 6.07 Å². The lowest BCUT2D eigenvalue weighted by Crippen LogP contribution is -2.08. The van der Waals surface area contributed by atoms with Crippen LogP contribution < -0.4 is 5.73 Å². The predicted molar refractivity (Wildman–Crippen MR) is 62.9 cm³/mol. The average Bonchev–Trinajstić information content (AvgIpc) is 2.17. The molecule has 4 heteroatoms. The van der Waals surface area contributed by atoms with E-state index in [1.54, 1.807) is 17.8 Å². The van der Waals surface area contributed by atoms with Crippen LogP contribution in [0.15, 0.2) is 29.2 Å². The molecule has 0 saturated carbocycles. The van der Waals surface area contributed by atoms with Crippen LogP contribution in [0, 0.1) is 11.2 Å². The molecule has 1 aromatic rings. The first-order valence-corrected chi connectivity index (χ1v) is 5.88. The highest BCUT2D eigenvalue weighted by atomic mass is 32.2. The molecule has 0 aromatic heterocycles. The number of unbranched alkanes of at least 4 members (excludes halogenated alkanes) is 1. The summed E-state index contributed by atoms with van der Waals surface area (Å²) in [6, 6.07) is 6.60. The summed E-state index contributed by atoms with van der Waals surface area (Å²) < 4.78 is 12.8. The van der Waals surface area contributed by atoms with Gasteiger partial charge in [-0.25, -0.2) is 4.39 Å². The predicted octanol–water partition coefficient (Wildman–Crippen LogP) is 3.02. The summed E-state index contributed by atoms with van der Waals surface area (Å²) in [6.07, 6.45) is 2.59. The van der Waals surface area contributed by atoms with Crippen LogP contribution in [-0.2, 0) is 0 Å². The van der Waals surface area contributed by atoms with E-state index in [0.717, 1.165) is 23.5 Å². The van der Waals surface area contributed by atoms with Crippen LogP contribution in [-0.4, -0.2) is 11.6 Å². The van der Waals surface area contributed by atoms with Crippen molar-refractivity contribution < 1.29 is 4.39 Å². The second-order valence-electron chi connectivity index (χ2n) is 3.29. The number of amidine groups is 1. The van der Waals surface area contributed by atoms with E-state index in [-0.39, 0.29) is 11.7 Å². The number of nitrogens with one attached hydrogen (secondary N) is 1. The van der Waals surface area contributed by atoms with Gasteiger partial charge in [0.25, 0.3) is 0 Å². The van der Waals surface area contributed by atoms with Crippen LogP contribution in [0.25, 0.3) is 0 Å². The van der Waals surface area contributed by atoms with E-state index in [0.29, 0.717) is 6.42 Å². The molecule has 3 N–H and O–H groups in total. The van der Waals surface area contributed by atoms with E-state index in [4.69, 9.17) is 11.1 Å². The Balaban J connectivity index is 2.17. The van der Waals surface area contributed by atoms with Crippen molar-refractivity contribution in [2.45, 2.75) is 24.2 Å². The lowest BCUT2D eigenvalue weighted by Gasteiger charge is -2.01. The lowest BCUT2D eigenvalue weighted by atomic mass is 10.2. The van der Waals surface area contributed by atoms with Crippen molar-refractivity contribution >= 4 is 17.6 Å². The average molecular weight is 226 g/mol. The Morgan fingerprint density at radius 2 is 2.20 bits per heavy atom. The first-order valence-electron chi connectivity index (χ1n) is 4.90. The number of benzene rings is 1. The molecule has 15 heavy (non-hydrogen) atoms. The Kier molecular flexibility index (Phi) is 5.18. The van der Waals surface area contributed by atoms with Gasteiger partial charge in [0, 0.05) is 11.3 Å². The summed E-state index contributed by atoms with van der Waals surface area (Å²) in [7, 11) is 0. The molecule has 2 nitrogen and oxygen atoms in total. The van der Waals surface area contributed by atoms with Crippen LogP contribution in [0.5, 0.6) is 0 Å². The van der Waals surface area contributed by atoms with Crippen molar-refractivity contribution in [2.75, 3.05) is 5.75 Å². The van der Waals surface area contributed by atoms with Gasteiger partial charge in [-0.15, -0.1) is 11.8 Å². The summed E-state index contributed by atoms with van der Waals surface area (Å²) in [4.78, 5) is 0.956. The van der Waals surface area contributed by atoms with Gasteiger partial charge in [0.15, 0.2) is 0 Å². The van der Waals surface area contributed by atoms with E-state index < -0.39 is 0 Å². The summed E-state index contributed by atoms with van der Waals surface area (Å²) in [5.74, 6) is 0.992. The van der Waals surface area contributed by atoms with Crippen LogP contribution in [0.1, 0.15) is 19.3 Å². The number of rotatable bonds is 6. The number of halogens is 1. The molecule has 0 atom stereocenters. The molecule has 0 amide bonds. The molecule has 0 radical (unpaired) electrons. The van der Waals surface area contributed by atoms with Gasteiger partial charge in [0.2, 0.25) is 0 Å². The molecule has 0 saturated heterocycles. The third-order valence-electron chi connectivity index (χ3n) is 1.91. The Bertz CT molecular complexity index is 328. The van der Waals surface area contributed by atoms with Crippen LogP contribution >= 0.6 is 11.8 Å². The van der Waals surface area contributed by atoms with Crippen LogP contribution in [0.3, 0.4) is 0 Å². The van der Waals surface area contributed by atoms with Crippen molar-refractivity contribution in [3.63, 3.8) is 0 Å². The summed E-state index contributed by atoms with van der Waals surface area (Å²) >= 11 is 1.63. The van der Waals surface area contributed by atoms with Crippen molar-refractivity contribution in [2.24, 2.45) is 5.73 Å². The Morgan fingerprint density at radius 3 is 2.87 bits per heavy atom. The molecular formula is C11H15FN2S. The Morgan fingerprint density at radius 1 is 1.40 bits per heavy atom. The highest BCUT2D eigenvalue weighted by molar-refractivity contribution is 7.99. The van der Waals surface area contributed by atoms with Gasteiger partial charge >= 0.3 is 0 Å². The molecule has 0 bridgehead atoms. The third-order valence-corrected chi connectivity index (χ3v) is 2.99. The number of hydrogen-bond acceptors (Lipinski definition) is 2. The van der Waals surface area contributed by atoms with E-state index in [9.17, 15) is 4.39 Å². The highest BCUT2D eigenvalue weighted by Gasteiger charge is 1.96. The minimum absolute atomic E-state index is 0.191. The quantitative estimate of drug-likeness (QED) is 0.339. The van der Waals surface area contributed by atoms with E-state index >= 15 is 0 Å². The van der Waals surface area contributed by atoms with E-state index in [1.165, 1.54) is 12.1 Å². The third kappa shape index (κ3) is 5.42. The summed E-state index contributed by atoms with van der Waals surface area (Å²) in [6.45, 7) is 0. The van der Waals surface area contributed by atoms with Gasteiger partial charge in [0.1, 0.15) is 5.82 Å². The maximum atomic E-state index is 12.8. The molecule has 0 heterocycles. The first kappa shape index (κ1) is 12.0. The van der Waals surface area contributed by atoms with Crippen molar-refractivity contribution in [1.82, 2.24) is 0 Å². The molecule has 0 aliphatic carbocycles. The SMILES string of the molecule is N=C(N)CCCCSc1cccc(F)c1. The largest absolute Gasteiger partial charge is 0.388 e. The fourth-order valence-corrected chi connectivity index (χ4v) is 2.12. The molecule has 0 unspecified atom stereocenters. The monoisotopic (exact) mass is 226 g/mol. The standard InChI is InChI=1S/C11H15FN2S/c12-9-4-3-5-10(8-9)15-7-2-1-6-11(13)14/h3-5,8H,1-2,6-7H2,(H3,13,14). The minimum atomic E-state index is -0.191. The van der Waals surface area contributed by atoms with Gasteiger partial charge in [-0.05, 0) is 36.8 Å². The fourth-order valence-electron chi connectivity index (χ4n) is 1.16. The zero-order valence-corrected chi connectivity index (χ0v) is 9.32. The van der Waals surface area contributed by atoms with Crippen molar-refractivity contribution in [1.29, 1.82) is 5.41 Å². The molecule has 0 aliphatic heterocycles. The van der Waals surface area contributed by atoms with Crippen molar-refractivity contribution in [3.05, 3.63) is 30.1 Å². The second-order valence-corrected chi connectivity index (χ2v) is 4.46. The van der Waals surface area contributed by atoms with E-state index in [1.807, 2.05) is 6.07 Å². The topological polar surface area (TPSA) is 49.9 Å². The smallest absolute Gasteiger partial charge is 0.124 e. The number of hydrogen-bond donors (Lipinski definition) is 2. The summed E-state index contributed by atoms with van der Waals surface area (Å²) in [5.41, 5.74) is 5.23. The first-order chi connectivity index (χ1) is 7.18. The molecule has 82 valence electrons. The van der Waals surface area contributed by atoms with Gasteiger partial charge in [0.05, 0.1) is 5.84 Å². The zero-order valence-electron chi connectivity index (χ0n) is 8.50. The molecular weight excluding hydrogens is 211 g/mol. The van der Waals surface area contributed by atoms with Gasteiger partial charge < -0.3 is 5.73 Å². The Hall–Kier alpha value is -1.03. The molecule has 1 rings (SSSR count). The molecule has 1 aromatic carbocycles. The highest BCUT2D eigenvalue weighted by Crippen LogP contribution is 2.20. The maximum Gasteiger partial charge on any atom is 0.124 e. The van der Waals surface area contributed by atoms with Crippen LogP contribution in [0.4, 0.5) is 4.39 Å². The summed E-state index contributed by atoms with van der Waals surface area (Å²) in [5, 5.41) is 7.04. The van der Waals surface area contributed by atoms with Gasteiger partial charge in [-0.2, -0.15) is 0 Å². The van der Waals surface area contributed by atoms with E-state index in [2.05, 4.69) is 0 Å². The number of nitrogens with two attached hydrogens (primary N) is 1. The number of thioether (sulfide) groups is 1. The fraction of sp³-hybridized carbons (Fsp3) is 0.364. The second kappa shape index (κ2) is 6.45.